The fraction of sp³-hybridized carbons (Fsp3) is 0.118. The van der Waals surface area contributed by atoms with Gasteiger partial charge in [-0.3, -0.25) is 9.59 Å². The Bertz CT molecular complexity index is 769. The molecule has 0 heterocycles. The van der Waals surface area contributed by atoms with Crippen molar-refractivity contribution < 1.29 is 14.7 Å². The molecule has 0 bridgehead atoms. The summed E-state index contributed by atoms with van der Waals surface area (Å²) in [4.78, 5) is 22.9. The van der Waals surface area contributed by atoms with Gasteiger partial charge in [0.15, 0.2) is 0 Å². The van der Waals surface area contributed by atoms with Gasteiger partial charge in [0.25, 0.3) is 0 Å². The van der Waals surface area contributed by atoms with E-state index in [2.05, 4.69) is 22.4 Å². The van der Waals surface area contributed by atoms with Crippen molar-refractivity contribution in [2.75, 3.05) is 6.54 Å². The van der Waals surface area contributed by atoms with Crippen LogP contribution in [-0.2, 0) is 9.59 Å². The van der Waals surface area contributed by atoms with Crippen molar-refractivity contribution in [1.29, 1.82) is 0 Å². The maximum atomic E-state index is 11.6. The summed E-state index contributed by atoms with van der Waals surface area (Å²) < 4.78 is 0. The highest BCUT2D eigenvalue weighted by atomic mass is 16.3. The van der Waals surface area contributed by atoms with Gasteiger partial charge in [0.2, 0.25) is 11.8 Å². The third-order valence-corrected chi connectivity index (χ3v) is 3.10. The number of rotatable bonds is 6. The standard InChI is InChI=1S/C17H17N3O3/c1-2-9-18-16(22)10-17(23)20-19-11-14-13-6-4-3-5-12(13)7-8-15(14)21/h2-8,11,21H,1,9-10H2,(H,18,22)(H,20,23). The number of benzene rings is 2. The van der Waals surface area contributed by atoms with Crippen LogP contribution in [0.15, 0.2) is 54.2 Å². The van der Waals surface area contributed by atoms with Gasteiger partial charge in [0, 0.05) is 12.1 Å². The molecular formula is C17H17N3O3. The summed E-state index contributed by atoms with van der Waals surface area (Å²) in [5.41, 5.74) is 2.76. The van der Waals surface area contributed by atoms with Crippen LogP contribution < -0.4 is 10.7 Å². The van der Waals surface area contributed by atoms with Crippen molar-refractivity contribution in [2.24, 2.45) is 5.10 Å². The monoisotopic (exact) mass is 311 g/mol. The quantitative estimate of drug-likeness (QED) is 0.328. The number of amides is 2. The van der Waals surface area contributed by atoms with Gasteiger partial charge < -0.3 is 10.4 Å². The van der Waals surface area contributed by atoms with E-state index in [1.807, 2.05) is 24.3 Å². The summed E-state index contributed by atoms with van der Waals surface area (Å²) in [7, 11) is 0. The summed E-state index contributed by atoms with van der Waals surface area (Å²) in [5, 5.41) is 18.0. The van der Waals surface area contributed by atoms with Gasteiger partial charge >= 0.3 is 0 Å². The smallest absolute Gasteiger partial charge is 0.249 e. The molecule has 6 heteroatoms. The number of nitrogens with one attached hydrogen (secondary N) is 2. The molecule has 2 aromatic rings. The molecule has 0 fully saturated rings. The minimum Gasteiger partial charge on any atom is -0.507 e. The molecule has 0 saturated carbocycles. The first-order chi connectivity index (χ1) is 11.1. The Hall–Kier alpha value is -3.15. The lowest BCUT2D eigenvalue weighted by atomic mass is 10.0. The van der Waals surface area contributed by atoms with E-state index in [1.54, 1.807) is 12.1 Å². The zero-order chi connectivity index (χ0) is 16.7. The Balaban J connectivity index is 2.03. The second kappa shape index (κ2) is 7.74. The first-order valence-corrected chi connectivity index (χ1v) is 7.02. The lowest BCUT2D eigenvalue weighted by Gasteiger charge is -2.05. The topological polar surface area (TPSA) is 90.8 Å². The van der Waals surface area contributed by atoms with Gasteiger partial charge in [0.1, 0.15) is 12.2 Å². The molecular weight excluding hydrogens is 294 g/mol. The Morgan fingerprint density at radius 2 is 1.96 bits per heavy atom. The van der Waals surface area contributed by atoms with E-state index in [-0.39, 0.29) is 12.2 Å². The molecule has 6 nitrogen and oxygen atoms in total. The number of phenolic OH excluding ortho intramolecular Hbond substituents is 1. The van der Waals surface area contributed by atoms with E-state index in [0.717, 1.165) is 10.8 Å². The van der Waals surface area contributed by atoms with Gasteiger partial charge in [0.05, 0.1) is 6.21 Å². The molecule has 0 aliphatic carbocycles. The summed E-state index contributed by atoms with van der Waals surface area (Å²) in [5.74, 6) is -0.890. The van der Waals surface area contributed by atoms with E-state index >= 15 is 0 Å². The number of hydrazone groups is 1. The normalized spacial score (nSPS) is 10.6. The number of fused-ring (bicyclic) bond motifs is 1. The van der Waals surface area contributed by atoms with Crippen molar-refractivity contribution in [3.05, 3.63) is 54.6 Å². The molecule has 118 valence electrons. The van der Waals surface area contributed by atoms with Gasteiger partial charge in [-0.1, -0.05) is 36.4 Å². The second-order valence-corrected chi connectivity index (χ2v) is 4.78. The number of phenols is 1. The average molecular weight is 311 g/mol. The van der Waals surface area contributed by atoms with Crippen LogP contribution in [0.4, 0.5) is 0 Å². The van der Waals surface area contributed by atoms with Crippen molar-refractivity contribution in [1.82, 2.24) is 10.7 Å². The van der Waals surface area contributed by atoms with E-state index in [9.17, 15) is 14.7 Å². The number of aromatic hydroxyl groups is 1. The summed E-state index contributed by atoms with van der Waals surface area (Å²) >= 11 is 0. The summed E-state index contributed by atoms with van der Waals surface area (Å²) in [6, 6.07) is 10.9. The molecule has 2 rings (SSSR count). The minimum atomic E-state index is -0.539. The minimum absolute atomic E-state index is 0.0606. The predicted molar refractivity (Wildman–Crippen MR) is 89.2 cm³/mol. The number of carbonyl (C=O) groups is 2. The van der Waals surface area contributed by atoms with E-state index in [0.29, 0.717) is 12.1 Å². The second-order valence-electron chi connectivity index (χ2n) is 4.78. The molecule has 0 spiro atoms. The van der Waals surface area contributed by atoms with Crippen LogP contribution in [0.2, 0.25) is 0 Å². The van der Waals surface area contributed by atoms with Crippen LogP contribution in [0.1, 0.15) is 12.0 Å². The zero-order valence-corrected chi connectivity index (χ0v) is 12.5. The van der Waals surface area contributed by atoms with Crippen molar-refractivity contribution in [2.45, 2.75) is 6.42 Å². The van der Waals surface area contributed by atoms with Crippen molar-refractivity contribution in [3.63, 3.8) is 0 Å². The molecule has 0 saturated heterocycles. The van der Waals surface area contributed by atoms with Crippen LogP contribution in [0, 0.1) is 0 Å². The van der Waals surface area contributed by atoms with Gasteiger partial charge in [-0.2, -0.15) is 5.10 Å². The van der Waals surface area contributed by atoms with E-state index < -0.39 is 11.8 Å². The highest BCUT2D eigenvalue weighted by Crippen LogP contribution is 2.25. The van der Waals surface area contributed by atoms with Crippen LogP contribution in [-0.4, -0.2) is 29.7 Å². The molecule has 2 amide bonds. The average Bonchev–Trinajstić information content (AvgIpc) is 2.55. The van der Waals surface area contributed by atoms with Crippen molar-refractivity contribution >= 4 is 28.8 Å². The zero-order valence-electron chi connectivity index (χ0n) is 12.5. The number of nitrogens with zero attached hydrogens (tertiary/aromatic N) is 1. The van der Waals surface area contributed by atoms with Gasteiger partial charge in [-0.05, 0) is 16.8 Å². The third-order valence-electron chi connectivity index (χ3n) is 3.10. The fourth-order valence-electron chi connectivity index (χ4n) is 2.02. The first-order valence-electron chi connectivity index (χ1n) is 7.02. The van der Waals surface area contributed by atoms with E-state index in [4.69, 9.17) is 0 Å². The Kier molecular flexibility index (Phi) is 5.46. The highest BCUT2D eigenvalue weighted by Gasteiger charge is 2.08. The molecule has 0 unspecified atom stereocenters. The summed E-state index contributed by atoms with van der Waals surface area (Å²) in [6.07, 6.45) is 2.56. The fourth-order valence-corrected chi connectivity index (χ4v) is 2.02. The van der Waals surface area contributed by atoms with Gasteiger partial charge in [-0.25, -0.2) is 5.43 Å². The molecule has 2 aromatic carbocycles. The highest BCUT2D eigenvalue weighted by molar-refractivity contribution is 6.03. The third kappa shape index (κ3) is 4.41. The Labute approximate surface area is 133 Å². The predicted octanol–water partition coefficient (Wildman–Crippen LogP) is 1.69. The molecule has 0 radical (unpaired) electrons. The van der Waals surface area contributed by atoms with Gasteiger partial charge in [-0.15, -0.1) is 6.58 Å². The van der Waals surface area contributed by atoms with Crippen LogP contribution in [0.5, 0.6) is 5.75 Å². The molecule has 0 aliphatic heterocycles. The molecule has 0 aliphatic rings. The molecule has 3 N–H and O–H groups in total. The van der Waals surface area contributed by atoms with Crippen LogP contribution in [0.3, 0.4) is 0 Å². The number of hydrogen-bond acceptors (Lipinski definition) is 4. The van der Waals surface area contributed by atoms with Crippen LogP contribution >= 0.6 is 0 Å². The summed E-state index contributed by atoms with van der Waals surface area (Å²) in [6.45, 7) is 3.77. The van der Waals surface area contributed by atoms with Crippen molar-refractivity contribution in [3.8, 4) is 5.75 Å². The maximum absolute atomic E-state index is 11.6. The molecule has 23 heavy (non-hydrogen) atoms. The van der Waals surface area contributed by atoms with Crippen LogP contribution in [0.25, 0.3) is 10.8 Å². The molecule has 0 atom stereocenters. The number of hydrogen-bond donors (Lipinski definition) is 3. The first kappa shape index (κ1) is 16.2. The largest absolute Gasteiger partial charge is 0.507 e. The number of carbonyl (C=O) groups excluding carboxylic acids is 2. The SMILES string of the molecule is C=CCNC(=O)CC(=O)NN=Cc1c(O)ccc2ccccc12. The Morgan fingerprint density at radius 1 is 1.17 bits per heavy atom. The van der Waals surface area contributed by atoms with E-state index in [1.165, 1.54) is 12.3 Å². The maximum Gasteiger partial charge on any atom is 0.249 e. The Morgan fingerprint density at radius 3 is 2.74 bits per heavy atom. The lowest BCUT2D eigenvalue weighted by Crippen LogP contribution is -2.29. The lowest BCUT2D eigenvalue weighted by molar-refractivity contribution is -0.129. The molecule has 0 aromatic heterocycles.